The van der Waals surface area contributed by atoms with Crippen LogP contribution in [0.15, 0.2) is 48.5 Å². The Balaban J connectivity index is 2.44. The van der Waals surface area contributed by atoms with Gasteiger partial charge in [0.1, 0.15) is 17.7 Å². The fourth-order valence-corrected chi connectivity index (χ4v) is 2.99. The van der Waals surface area contributed by atoms with Crippen molar-refractivity contribution in [3.8, 4) is 11.5 Å². The molecule has 22 heavy (non-hydrogen) atoms. The molecule has 0 saturated carbocycles. The Bertz CT molecular complexity index is 627. The molecule has 0 bridgehead atoms. The van der Waals surface area contributed by atoms with Crippen LogP contribution in [0, 0.1) is 0 Å². The van der Waals surface area contributed by atoms with E-state index >= 15 is 0 Å². The highest BCUT2D eigenvalue weighted by molar-refractivity contribution is 5.42. The third-order valence-electron chi connectivity index (χ3n) is 3.99. The lowest BCUT2D eigenvalue weighted by Crippen LogP contribution is -2.34. The van der Waals surface area contributed by atoms with Crippen LogP contribution >= 0.6 is 0 Å². The van der Waals surface area contributed by atoms with Gasteiger partial charge in [-0.2, -0.15) is 0 Å². The Labute approximate surface area is 131 Å². The highest BCUT2D eigenvalue weighted by Gasteiger charge is 2.32. The second-order valence-corrected chi connectivity index (χ2v) is 5.84. The molecule has 0 heterocycles. The summed E-state index contributed by atoms with van der Waals surface area (Å²) in [6.07, 6.45) is -0.0230. The van der Waals surface area contributed by atoms with E-state index in [1.54, 1.807) is 19.2 Å². The summed E-state index contributed by atoms with van der Waals surface area (Å²) in [7, 11) is 1.63. The number of aliphatic hydroxyl groups is 1. The molecule has 0 aliphatic heterocycles. The summed E-state index contributed by atoms with van der Waals surface area (Å²) in [5.41, 5.74) is 6.91. The molecule has 2 aromatic rings. The summed E-state index contributed by atoms with van der Waals surface area (Å²) in [6, 6.07) is 14.9. The van der Waals surface area contributed by atoms with Crippen LogP contribution in [0.4, 0.5) is 0 Å². The molecule has 2 aromatic carbocycles. The van der Waals surface area contributed by atoms with Gasteiger partial charge in [-0.1, -0.05) is 43.3 Å². The maximum absolute atomic E-state index is 10.2. The number of hydrogen-bond acceptors (Lipinski definition) is 4. The first kappa shape index (κ1) is 16.3. The van der Waals surface area contributed by atoms with E-state index in [-0.39, 0.29) is 5.75 Å². The number of methoxy groups -OCH3 is 1. The monoisotopic (exact) mass is 301 g/mol. The second kappa shape index (κ2) is 6.81. The summed E-state index contributed by atoms with van der Waals surface area (Å²) < 4.78 is 5.41. The Morgan fingerprint density at radius 3 is 2.41 bits per heavy atom. The Hall–Kier alpha value is -2.04. The first-order chi connectivity index (χ1) is 10.5. The highest BCUT2D eigenvalue weighted by Crippen LogP contribution is 2.39. The van der Waals surface area contributed by atoms with E-state index in [1.807, 2.05) is 43.3 Å². The van der Waals surface area contributed by atoms with Crippen molar-refractivity contribution in [2.45, 2.75) is 31.4 Å². The molecule has 1 unspecified atom stereocenters. The maximum Gasteiger partial charge on any atom is 0.122 e. The SMILES string of the molecule is COc1ccccc1CC(C)(C[C@H](N)O)c1ccccc1O. The molecule has 4 N–H and O–H groups in total. The van der Waals surface area contributed by atoms with Crippen LogP contribution in [-0.4, -0.2) is 23.6 Å². The van der Waals surface area contributed by atoms with Crippen molar-refractivity contribution in [1.82, 2.24) is 0 Å². The van der Waals surface area contributed by atoms with Gasteiger partial charge in [-0.3, -0.25) is 0 Å². The Morgan fingerprint density at radius 1 is 1.14 bits per heavy atom. The molecular formula is C18H23NO3. The summed E-state index contributed by atoms with van der Waals surface area (Å²) >= 11 is 0. The molecule has 0 fully saturated rings. The van der Waals surface area contributed by atoms with Gasteiger partial charge in [-0.05, 0) is 30.5 Å². The number of para-hydroxylation sites is 2. The molecule has 0 aromatic heterocycles. The van der Waals surface area contributed by atoms with Crippen LogP contribution in [0.25, 0.3) is 0 Å². The number of benzene rings is 2. The second-order valence-electron chi connectivity index (χ2n) is 5.84. The lowest BCUT2D eigenvalue weighted by molar-refractivity contribution is 0.139. The summed E-state index contributed by atoms with van der Waals surface area (Å²) in [5, 5.41) is 19.9. The van der Waals surface area contributed by atoms with Crippen LogP contribution in [0.1, 0.15) is 24.5 Å². The molecule has 4 nitrogen and oxygen atoms in total. The first-order valence-corrected chi connectivity index (χ1v) is 7.30. The zero-order valence-corrected chi connectivity index (χ0v) is 13.0. The van der Waals surface area contributed by atoms with Crippen LogP contribution in [0.5, 0.6) is 11.5 Å². The predicted molar refractivity (Wildman–Crippen MR) is 87.0 cm³/mol. The smallest absolute Gasteiger partial charge is 0.122 e. The molecule has 0 radical (unpaired) electrons. The fourth-order valence-electron chi connectivity index (χ4n) is 2.99. The lowest BCUT2D eigenvalue weighted by atomic mass is 9.74. The zero-order chi connectivity index (χ0) is 16.2. The van der Waals surface area contributed by atoms with Gasteiger partial charge in [0.05, 0.1) is 7.11 Å². The van der Waals surface area contributed by atoms with Gasteiger partial charge in [0.2, 0.25) is 0 Å². The average Bonchev–Trinajstić information content (AvgIpc) is 2.47. The van der Waals surface area contributed by atoms with E-state index in [0.717, 1.165) is 16.9 Å². The minimum absolute atomic E-state index is 0.209. The largest absolute Gasteiger partial charge is 0.508 e. The van der Waals surface area contributed by atoms with Gasteiger partial charge < -0.3 is 20.7 Å². The van der Waals surface area contributed by atoms with Crippen molar-refractivity contribution in [2.75, 3.05) is 7.11 Å². The number of nitrogens with two attached hydrogens (primary N) is 1. The van der Waals surface area contributed by atoms with Gasteiger partial charge in [0, 0.05) is 11.0 Å². The molecule has 4 heteroatoms. The minimum atomic E-state index is -0.959. The number of rotatable bonds is 6. The standard InChI is InChI=1S/C18H23NO3/c1-18(12-17(19)21,14-8-4-5-9-15(14)20)11-13-7-3-6-10-16(13)22-2/h3-10,17,20-21H,11-12,19H2,1-2H3/t17-,18?/m1/s1. The Kier molecular flexibility index (Phi) is 5.06. The predicted octanol–water partition coefficient (Wildman–Crippen LogP) is 2.57. The zero-order valence-electron chi connectivity index (χ0n) is 13.0. The molecule has 0 spiro atoms. The van der Waals surface area contributed by atoms with Crippen molar-refractivity contribution < 1.29 is 14.9 Å². The van der Waals surface area contributed by atoms with Gasteiger partial charge in [0.25, 0.3) is 0 Å². The number of phenolic OH excluding ortho intramolecular Hbond substituents is 1. The van der Waals surface area contributed by atoms with E-state index < -0.39 is 11.6 Å². The van der Waals surface area contributed by atoms with Gasteiger partial charge >= 0.3 is 0 Å². The van der Waals surface area contributed by atoms with Gasteiger partial charge in [-0.15, -0.1) is 0 Å². The molecule has 0 amide bonds. The molecule has 0 saturated heterocycles. The first-order valence-electron chi connectivity index (χ1n) is 7.30. The van der Waals surface area contributed by atoms with Crippen LogP contribution < -0.4 is 10.5 Å². The summed E-state index contributed by atoms with van der Waals surface area (Å²) in [6.45, 7) is 1.99. The normalized spacial score (nSPS) is 15.1. The van der Waals surface area contributed by atoms with E-state index in [1.165, 1.54) is 0 Å². The molecule has 2 atom stereocenters. The molecule has 2 rings (SSSR count). The van der Waals surface area contributed by atoms with Crippen molar-refractivity contribution in [1.29, 1.82) is 0 Å². The topological polar surface area (TPSA) is 75.7 Å². The van der Waals surface area contributed by atoms with Crippen LogP contribution in [0.3, 0.4) is 0 Å². The summed E-state index contributed by atoms with van der Waals surface area (Å²) in [4.78, 5) is 0. The van der Waals surface area contributed by atoms with E-state index in [9.17, 15) is 10.2 Å². The van der Waals surface area contributed by atoms with E-state index in [4.69, 9.17) is 10.5 Å². The van der Waals surface area contributed by atoms with Gasteiger partial charge in [-0.25, -0.2) is 0 Å². The lowest BCUT2D eigenvalue weighted by Gasteiger charge is -2.32. The summed E-state index contributed by atoms with van der Waals surface area (Å²) in [5.74, 6) is 0.996. The minimum Gasteiger partial charge on any atom is -0.508 e. The maximum atomic E-state index is 10.2. The van der Waals surface area contributed by atoms with E-state index in [2.05, 4.69) is 0 Å². The number of hydrogen-bond donors (Lipinski definition) is 3. The van der Waals surface area contributed by atoms with Crippen molar-refractivity contribution in [2.24, 2.45) is 5.73 Å². The third-order valence-corrected chi connectivity index (χ3v) is 3.99. The number of phenols is 1. The molecular weight excluding hydrogens is 278 g/mol. The van der Waals surface area contributed by atoms with Gasteiger partial charge in [0.15, 0.2) is 0 Å². The van der Waals surface area contributed by atoms with Crippen molar-refractivity contribution in [3.63, 3.8) is 0 Å². The molecule has 0 aliphatic carbocycles. The number of aliphatic hydroxyl groups excluding tert-OH is 1. The number of aromatic hydroxyl groups is 1. The van der Waals surface area contributed by atoms with Crippen molar-refractivity contribution >= 4 is 0 Å². The number of ether oxygens (including phenoxy) is 1. The van der Waals surface area contributed by atoms with Crippen LogP contribution in [0.2, 0.25) is 0 Å². The highest BCUT2D eigenvalue weighted by atomic mass is 16.5. The molecule has 118 valence electrons. The van der Waals surface area contributed by atoms with Crippen LogP contribution in [-0.2, 0) is 11.8 Å². The molecule has 0 aliphatic rings. The average molecular weight is 301 g/mol. The van der Waals surface area contributed by atoms with Crippen molar-refractivity contribution in [3.05, 3.63) is 59.7 Å². The quantitative estimate of drug-likeness (QED) is 0.717. The Morgan fingerprint density at radius 2 is 1.77 bits per heavy atom. The fraction of sp³-hybridized carbons (Fsp3) is 0.333. The third kappa shape index (κ3) is 3.59. The van der Waals surface area contributed by atoms with E-state index in [0.29, 0.717) is 12.8 Å².